The van der Waals surface area contributed by atoms with E-state index in [2.05, 4.69) is 10.2 Å². The van der Waals surface area contributed by atoms with Crippen molar-refractivity contribution in [1.82, 2.24) is 10.2 Å². The molecule has 0 fully saturated rings. The minimum Gasteiger partial charge on any atom is -0.403 e. The summed E-state index contributed by atoms with van der Waals surface area (Å²) in [5.74, 6) is 0.558. The van der Waals surface area contributed by atoms with E-state index in [1.807, 2.05) is 45.3 Å². The van der Waals surface area contributed by atoms with Crippen LogP contribution in [0.4, 0.5) is 6.01 Å². The molecule has 1 heterocycles. The SMILES string of the molecule is Cc1cccc(-c2nnc(N(C)C)o2)c1. The second kappa shape index (κ2) is 3.73. The van der Waals surface area contributed by atoms with Gasteiger partial charge in [-0.1, -0.05) is 22.8 Å². The normalized spacial score (nSPS) is 10.3. The lowest BCUT2D eigenvalue weighted by atomic mass is 10.1. The number of nitrogens with zero attached hydrogens (tertiary/aromatic N) is 3. The van der Waals surface area contributed by atoms with Gasteiger partial charge in [-0.2, -0.15) is 0 Å². The third-order valence-corrected chi connectivity index (χ3v) is 2.06. The molecule has 0 saturated heterocycles. The van der Waals surface area contributed by atoms with Gasteiger partial charge >= 0.3 is 6.01 Å². The fourth-order valence-corrected chi connectivity index (χ4v) is 1.29. The third-order valence-electron chi connectivity index (χ3n) is 2.06. The Bertz CT molecular complexity index is 462. The van der Waals surface area contributed by atoms with Crippen LogP contribution in [-0.2, 0) is 0 Å². The van der Waals surface area contributed by atoms with E-state index in [4.69, 9.17) is 4.42 Å². The summed E-state index contributed by atoms with van der Waals surface area (Å²) in [6, 6.07) is 8.51. The topological polar surface area (TPSA) is 42.2 Å². The van der Waals surface area contributed by atoms with Crippen LogP contribution in [0.15, 0.2) is 28.7 Å². The number of anilines is 1. The van der Waals surface area contributed by atoms with Gasteiger partial charge in [0.2, 0.25) is 5.89 Å². The van der Waals surface area contributed by atoms with Gasteiger partial charge in [0.1, 0.15) is 0 Å². The van der Waals surface area contributed by atoms with Crippen molar-refractivity contribution in [3.63, 3.8) is 0 Å². The standard InChI is InChI=1S/C11H13N3O/c1-8-5-4-6-9(7-8)10-12-13-11(15-10)14(2)3/h4-7H,1-3H3. The van der Waals surface area contributed by atoms with Gasteiger partial charge in [0.15, 0.2) is 0 Å². The molecule has 0 aliphatic heterocycles. The molecule has 0 N–H and O–H groups in total. The van der Waals surface area contributed by atoms with E-state index < -0.39 is 0 Å². The molecule has 0 aliphatic rings. The number of hydrogen-bond acceptors (Lipinski definition) is 4. The van der Waals surface area contributed by atoms with Crippen molar-refractivity contribution < 1.29 is 4.42 Å². The molecule has 0 aliphatic carbocycles. The van der Waals surface area contributed by atoms with Crippen LogP contribution in [0.1, 0.15) is 5.56 Å². The zero-order valence-corrected chi connectivity index (χ0v) is 9.06. The van der Waals surface area contributed by atoms with Crippen molar-refractivity contribution in [2.24, 2.45) is 0 Å². The summed E-state index contributed by atoms with van der Waals surface area (Å²) in [5, 5.41) is 7.92. The highest BCUT2D eigenvalue weighted by molar-refractivity contribution is 5.54. The van der Waals surface area contributed by atoms with Gasteiger partial charge < -0.3 is 9.32 Å². The van der Waals surface area contributed by atoms with Gasteiger partial charge in [0.25, 0.3) is 0 Å². The highest BCUT2D eigenvalue weighted by Gasteiger charge is 2.09. The number of hydrogen-bond donors (Lipinski definition) is 0. The Morgan fingerprint density at radius 3 is 2.60 bits per heavy atom. The van der Waals surface area contributed by atoms with Crippen LogP contribution in [-0.4, -0.2) is 24.3 Å². The summed E-state index contributed by atoms with van der Waals surface area (Å²) in [6.07, 6.45) is 0. The predicted molar refractivity (Wildman–Crippen MR) is 58.8 cm³/mol. The molecule has 1 aromatic heterocycles. The monoisotopic (exact) mass is 203 g/mol. The third kappa shape index (κ3) is 1.98. The number of benzene rings is 1. The quantitative estimate of drug-likeness (QED) is 0.749. The van der Waals surface area contributed by atoms with Crippen LogP contribution in [0, 0.1) is 6.92 Å². The van der Waals surface area contributed by atoms with Crippen molar-refractivity contribution >= 4 is 6.01 Å². The summed E-state index contributed by atoms with van der Waals surface area (Å²) in [5.41, 5.74) is 2.13. The van der Waals surface area contributed by atoms with Crippen LogP contribution in [0.5, 0.6) is 0 Å². The number of aromatic nitrogens is 2. The Hall–Kier alpha value is -1.84. The maximum atomic E-state index is 5.49. The van der Waals surface area contributed by atoms with E-state index in [9.17, 15) is 0 Å². The largest absolute Gasteiger partial charge is 0.403 e. The van der Waals surface area contributed by atoms with E-state index >= 15 is 0 Å². The van der Waals surface area contributed by atoms with Crippen molar-refractivity contribution in [3.05, 3.63) is 29.8 Å². The van der Waals surface area contributed by atoms with Crippen molar-refractivity contribution in [2.75, 3.05) is 19.0 Å². The summed E-state index contributed by atoms with van der Waals surface area (Å²) in [6.45, 7) is 2.03. The van der Waals surface area contributed by atoms with E-state index in [1.165, 1.54) is 5.56 Å². The summed E-state index contributed by atoms with van der Waals surface area (Å²) < 4.78 is 5.49. The molecule has 0 radical (unpaired) electrons. The predicted octanol–water partition coefficient (Wildman–Crippen LogP) is 2.11. The molecule has 0 atom stereocenters. The number of rotatable bonds is 2. The molecule has 0 bridgehead atoms. The smallest absolute Gasteiger partial charge is 0.317 e. The lowest BCUT2D eigenvalue weighted by molar-refractivity contribution is 0.566. The molecule has 2 rings (SSSR count). The van der Waals surface area contributed by atoms with Gasteiger partial charge in [0.05, 0.1) is 0 Å². The second-order valence-electron chi connectivity index (χ2n) is 3.65. The zero-order valence-electron chi connectivity index (χ0n) is 9.06. The lowest BCUT2D eigenvalue weighted by Gasteiger charge is -2.03. The highest BCUT2D eigenvalue weighted by atomic mass is 16.4. The molecule has 0 amide bonds. The molecule has 0 unspecified atom stereocenters. The maximum absolute atomic E-state index is 5.49. The molecular formula is C11H13N3O. The molecular weight excluding hydrogens is 190 g/mol. The minimum atomic E-state index is 0.520. The van der Waals surface area contributed by atoms with Crippen LogP contribution < -0.4 is 4.90 Å². The van der Waals surface area contributed by atoms with Crippen molar-refractivity contribution in [3.8, 4) is 11.5 Å². The maximum Gasteiger partial charge on any atom is 0.317 e. The Labute approximate surface area is 88.5 Å². The van der Waals surface area contributed by atoms with Crippen molar-refractivity contribution in [1.29, 1.82) is 0 Å². The molecule has 0 spiro atoms. The van der Waals surface area contributed by atoms with Crippen LogP contribution in [0.2, 0.25) is 0 Å². The van der Waals surface area contributed by atoms with Gasteiger partial charge in [-0.15, -0.1) is 5.10 Å². The molecule has 78 valence electrons. The first-order chi connectivity index (χ1) is 7.16. The molecule has 15 heavy (non-hydrogen) atoms. The Morgan fingerprint density at radius 2 is 2.00 bits per heavy atom. The molecule has 0 saturated carbocycles. The van der Waals surface area contributed by atoms with E-state index in [1.54, 1.807) is 4.90 Å². The summed E-state index contributed by atoms with van der Waals surface area (Å²) in [4.78, 5) is 1.78. The second-order valence-corrected chi connectivity index (χ2v) is 3.65. The van der Waals surface area contributed by atoms with E-state index in [-0.39, 0.29) is 0 Å². The van der Waals surface area contributed by atoms with E-state index in [0.29, 0.717) is 11.9 Å². The highest BCUT2D eigenvalue weighted by Crippen LogP contribution is 2.21. The minimum absolute atomic E-state index is 0.520. The van der Waals surface area contributed by atoms with Crippen LogP contribution in [0.3, 0.4) is 0 Å². The molecule has 2 aromatic rings. The van der Waals surface area contributed by atoms with Gasteiger partial charge in [-0.25, -0.2) is 0 Å². The van der Waals surface area contributed by atoms with E-state index in [0.717, 1.165) is 5.56 Å². The Kier molecular flexibility index (Phi) is 2.41. The van der Waals surface area contributed by atoms with Crippen LogP contribution >= 0.6 is 0 Å². The molecule has 4 nitrogen and oxygen atoms in total. The average Bonchev–Trinajstić information content (AvgIpc) is 2.66. The van der Waals surface area contributed by atoms with Gasteiger partial charge in [-0.3, -0.25) is 0 Å². The Balaban J connectivity index is 2.37. The van der Waals surface area contributed by atoms with Gasteiger partial charge in [-0.05, 0) is 19.1 Å². The number of aryl methyl sites for hydroxylation is 1. The summed E-state index contributed by atoms with van der Waals surface area (Å²) >= 11 is 0. The zero-order chi connectivity index (χ0) is 10.8. The molecule has 4 heteroatoms. The summed E-state index contributed by atoms with van der Waals surface area (Å²) in [7, 11) is 3.74. The average molecular weight is 203 g/mol. The fraction of sp³-hybridized carbons (Fsp3) is 0.273. The molecule has 1 aromatic carbocycles. The van der Waals surface area contributed by atoms with Crippen molar-refractivity contribution in [2.45, 2.75) is 6.92 Å². The lowest BCUT2D eigenvalue weighted by Crippen LogP contribution is -2.08. The fourth-order valence-electron chi connectivity index (χ4n) is 1.29. The van der Waals surface area contributed by atoms with Gasteiger partial charge in [0, 0.05) is 19.7 Å². The first-order valence-electron chi connectivity index (χ1n) is 4.74. The Morgan fingerprint density at radius 1 is 1.20 bits per heavy atom. The first-order valence-corrected chi connectivity index (χ1v) is 4.74. The first kappa shape index (κ1) is 9.71. The van der Waals surface area contributed by atoms with Crippen LogP contribution in [0.25, 0.3) is 11.5 Å².